The Labute approximate surface area is 167 Å². The molecule has 0 spiro atoms. The fourth-order valence-corrected chi connectivity index (χ4v) is 2.62. The Bertz CT molecular complexity index is 767. The van der Waals surface area contributed by atoms with Crippen LogP contribution in [0.5, 0.6) is 17.2 Å². The van der Waals surface area contributed by atoms with Gasteiger partial charge in [-0.1, -0.05) is 39.0 Å². The van der Waals surface area contributed by atoms with Crippen LogP contribution in [0.3, 0.4) is 0 Å². The molecule has 6 heteroatoms. The minimum Gasteiger partial charge on any atom is -0.493 e. The van der Waals surface area contributed by atoms with E-state index in [0.29, 0.717) is 31.2 Å². The molecule has 0 aliphatic carbocycles. The van der Waals surface area contributed by atoms with Gasteiger partial charge in [0, 0.05) is 6.54 Å². The molecule has 2 N–H and O–H groups in total. The van der Waals surface area contributed by atoms with E-state index in [9.17, 15) is 4.79 Å². The van der Waals surface area contributed by atoms with E-state index >= 15 is 0 Å². The van der Waals surface area contributed by atoms with Crippen molar-refractivity contribution in [2.45, 2.75) is 32.7 Å². The minimum absolute atomic E-state index is 0.117. The summed E-state index contributed by atoms with van der Waals surface area (Å²) in [6, 6.07) is 13.3. The summed E-state index contributed by atoms with van der Waals surface area (Å²) in [5, 5.41) is 5.59. The first-order chi connectivity index (χ1) is 13.3. The lowest BCUT2D eigenvalue weighted by Crippen LogP contribution is -2.37. The smallest absolute Gasteiger partial charge is 0.315 e. The van der Waals surface area contributed by atoms with Crippen molar-refractivity contribution in [2.24, 2.45) is 0 Å². The third-order valence-corrected chi connectivity index (χ3v) is 4.28. The number of hydrogen-bond donors (Lipinski definition) is 2. The maximum Gasteiger partial charge on any atom is 0.315 e. The highest BCUT2D eigenvalue weighted by molar-refractivity contribution is 5.73. The zero-order valence-electron chi connectivity index (χ0n) is 17.3. The molecule has 28 heavy (non-hydrogen) atoms. The van der Waals surface area contributed by atoms with Crippen LogP contribution in [0.15, 0.2) is 42.5 Å². The Kier molecular flexibility index (Phi) is 7.55. The second kappa shape index (κ2) is 9.88. The number of rotatable bonds is 8. The van der Waals surface area contributed by atoms with Crippen molar-refractivity contribution in [1.29, 1.82) is 0 Å². The molecule has 0 bridgehead atoms. The molecule has 0 unspecified atom stereocenters. The molecule has 2 amide bonds. The number of hydrogen-bond acceptors (Lipinski definition) is 4. The molecule has 0 aromatic heterocycles. The van der Waals surface area contributed by atoms with Crippen molar-refractivity contribution in [3.05, 3.63) is 53.6 Å². The van der Waals surface area contributed by atoms with E-state index < -0.39 is 0 Å². The number of benzene rings is 2. The van der Waals surface area contributed by atoms with Crippen LogP contribution in [0.2, 0.25) is 0 Å². The zero-order chi connectivity index (χ0) is 20.6. The molecule has 6 nitrogen and oxygen atoms in total. The fourth-order valence-electron chi connectivity index (χ4n) is 2.62. The summed E-state index contributed by atoms with van der Waals surface area (Å²) in [5.74, 6) is 2.08. The van der Waals surface area contributed by atoms with Gasteiger partial charge in [-0.2, -0.15) is 0 Å². The molecule has 152 valence electrons. The Balaban J connectivity index is 1.70. The maximum atomic E-state index is 11.9. The van der Waals surface area contributed by atoms with Crippen LogP contribution >= 0.6 is 0 Å². The van der Waals surface area contributed by atoms with Crippen LogP contribution in [0.4, 0.5) is 4.79 Å². The summed E-state index contributed by atoms with van der Waals surface area (Å²) in [5.41, 5.74) is 2.29. The molecule has 0 heterocycles. The van der Waals surface area contributed by atoms with E-state index in [-0.39, 0.29) is 11.4 Å². The molecule has 0 atom stereocenters. The van der Waals surface area contributed by atoms with Gasteiger partial charge in [0.05, 0.1) is 20.8 Å². The molecule has 0 fully saturated rings. The molecule has 0 aliphatic rings. The van der Waals surface area contributed by atoms with Gasteiger partial charge in [0.25, 0.3) is 0 Å². The highest BCUT2D eigenvalue weighted by atomic mass is 16.5. The van der Waals surface area contributed by atoms with Crippen LogP contribution < -0.4 is 24.8 Å². The van der Waals surface area contributed by atoms with Gasteiger partial charge in [-0.25, -0.2) is 4.79 Å². The third kappa shape index (κ3) is 6.37. The molecular weight excluding hydrogens is 356 g/mol. The van der Waals surface area contributed by atoms with Gasteiger partial charge in [-0.05, 0) is 40.8 Å². The van der Waals surface area contributed by atoms with Crippen LogP contribution in [-0.2, 0) is 12.0 Å². The summed E-state index contributed by atoms with van der Waals surface area (Å²) < 4.78 is 16.1. The van der Waals surface area contributed by atoms with Crippen molar-refractivity contribution in [1.82, 2.24) is 10.6 Å². The predicted molar refractivity (Wildman–Crippen MR) is 110 cm³/mol. The Morgan fingerprint density at radius 3 is 2.21 bits per heavy atom. The number of nitrogens with one attached hydrogen (secondary N) is 2. The number of urea groups is 1. The molecule has 2 aromatic rings. The van der Waals surface area contributed by atoms with E-state index in [4.69, 9.17) is 14.2 Å². The van der Waals surface area contributed by atoms with E-state index in [1.54, 1.807) is 14.2 Å². The first kappa shape index (κ1) is 21.4. The van der Waals surface area contributed by atoms with E-state index in [1.165, 1.54) is 5.56 Å². The highest BCUT2D eigenvalue weighted by Crippen LogP contribution is 2.27. The topological polar surface area (TPSA) is 68.8 Å². The van der Waals surface area contributed by atoms with Crippen LogP contribution in [0, 0.1) is 0 Å². The van der Waals surface area contributed by atoms with Gasteiger partial charge in [-0.15, -0.1) is 0 Å². The second-order valence-electron chi connectivity index (χ2n) is 7.42. The van der Waals surface area contributed by atoms with Crippen molar-refractivity contribution < 1.29 is 19.0 Å². The molecule has 0 saturated carbocycles. The average molecular weight is 386 g/mol. The Morgan fingerprint density at radius 2 is 1.61 bits per heavy atom. The number of amides is 2. The lowest BCUT2D eigenvalue weighted by Gasteiger charge is -2.19. The van der Waals surface area contributed by atoms with Crippen molar-refractivity contribution in [2.75, 3.05) is 27.4 Å². The third-order valence-electron chi connectivity index (χ3n) is 4.28. The summed E-state index contributed by atoms with van der Waals surface area (Å²) in [6.45, 7) is 7.73. The molecule has 2 aromatic carbocycles. The van der Waals surface area contributed by atoms with Crippen LogP contribution in [-0.4, -0.2) is 33.4 Å². The highest BCUT2D eigenvalue weighted by Gasteiger charge is 2.13. The number of methoxy groups -OCH3 is 2. The standard InChI is InChI=1S/C22H30N2O4/c1-22(2,3)17-7-9-18(10-8-17)28-13-12-23-21(25)24-15-16-6-11-19(26-4)20(14-16)27-5/h6-11,14H,12-13,15H2,1-5H3,(H2,23,24,25). The van der Waals surface area contributed by atoms with Crippen molar-refractivity contribution >= 4 is 6.03 Å². The van der Waals surface area contributed by atoms with Gasteiger partial charge < -0.3 is 24.8 Å². The summed E-state index contributed by atoms with van der Waals surface area (Å²) >= 11 is 0. The normalized spacial score (nSPS) is 10.9. The van der Waals surface area contributed by atoms with Gasteiger partial charge >= 0.3 is 6.03 Å². The lowest BCUT2D eigenvalue weighted by molar-refractivity contribution is 0.236. The van der Waals surface area contributed by atoms with Gasteiger partial charge in [-0.3, -0.25) is 0 Å². The Morgan fingerprint density at radius 1 is 0.929 bits per heavy atom. The first-order valence-corrected chi connectivity index (χ1v) is 9.29. The van der Waals surface area contributed by atoms with Crippen molar-refractivity contribution in [3.63, 3.8) is 0 Å². The second-order valence-corrected chi connectivity index (χ2v) is 7.42. The van der Waals surface area contributed by atoms with Gasteiger partial charge in [0.1, 0.15) is 12.4 Å². The monoisotopic (exact) mass is 386 g/mol. The quantitative estimate of drug-likeness (QED) is 0.676. The van der Waals surface area contributed by atoms with E-state index in [2.05, 4.69) is 43.5 Å². The summed E-state index contributed by atoms with van der Waals surface area (Å²) in [4.78, 5) is 11.9. The first-order valence-electron chi connectivity index (χ1n) is 9.29. The van der Waals surface area contributed by atoms with Crippen molar-refractivity contribution in [3.8, 4) is 17.2 Å². The molecular formula is C22H30N2O4. The lowest BCUT2D eigenvalue weighted by atomic mass is 9.87. The zero-order valence-corrected chi connectivity index (χ0v) is 17.3. The molecule has 0 radical (unpaired) electrons. The SMILES string of the molecule is COc1ccc(CNC(=O)NCCOc2ccc(C(C)(C)C)cc2)cc1OC. The van der Waals surface area contributed by atoms with Crippen LogP contribution in [0.1, 0.15) is 31.9 Å². The molecule has 0 aliphatic heterocycles. The predicted octanol–water partition coefficient (Wildman–Crippen LogP) is 3.88. The largest absolute Gasteiger partial charge is 0.493 e. The molecule has 0 saturated heterocycles. The summed E-state index contributed by atoms with van der Waals surface area (Å²) in [6.07, 6.45) is 0. The number of carbonyl (C=O) groups excluding carboxylic acids is 1. The van der Waals surface area contributed by atoms with Gasteiger partial charge in [0.15, 0.2) is 11.5 Å². The van der Waals surface area contributed by atoms with E-state index in [0.717, 1.165) is 11.3 Å². The van der Waals surface area contributed by atoms with Gasteiger partial charge in [0.2, 0.25) is 0 Å². The van der Waals surface area contributed by atoms with E-state index in [1.807, 2.05) is 30.3 Å². The minimum atomic E-state index is -0.249. The maximum absolute atomic E-state index is 11.9. The van der Waals surface area contributed by atoms with Crippen LogP contribution in [0.25, 0.3) is 0 Å². The average Bonchev–Trinajstić information content (AvgIpc) is 2.69. The number of ether oxygens (including phenoxy) is 3. The molecule has 2 rings (SSSR count). The Hall–Kier alpha value is -2.89. The summed E-state index contributed by atoms with van der Waals surface area (Å²) in [7, 11) is 3.17. The number of carbonyl (C=O) groups is 1. The fraction of sp³-hybridized carbons (Fsp3) is 0.409.